The van der Waals surface area contributed by atoms with Gasteiger partial charge in [0.2, 0.25) is 0 Å². The minimum atomic E-state index is 0.484. The van der Waals surface area contributed by atoms with Crippen LogP contribution in [-0.2, 0) is 0 Å². The lowest BCUT2D eigenvalue weighted by atomic mass is 9.67. The average Bonchev–Trinajstić information content (AvgIpc) is 2.17. The maximum absolute atomic E-state index is 5.94. The van der Waals surface area contributed by atoms with Crippen LogP contribution in [0.4, 0.5) is 0 Å². The molecule has 17 heavy (non-hydrogen) atoms. The van der Waals surface area contributed by atoms with E-state index in [1.165, 1.54) is 58.0 Å². The summed E-state index contributed by atoms with van der Waals surface area (Å²) in [6.07, 6.45) is 9.49. The minimum absolute atomic E-state index is 0.484. The summed E-state index contributed by atoms with van der Waals surface area (Å²) in [6, 6.07) is 0.484. The van der Waals surface area contributed by atoms with Gasteiger partial charge >= 0.3 is 0 Å². The average molecular weight is 238 g/mol. The Bertz CT molecular complexity index is 225. The van der Waals surface area contributed by atoms with Crippen LogP contribution in [0.25, 0.3) is 0 Å². The molecule has 0 spiro atoms. The van der Waals surface area contributed by atoms with Gasteiger partial charge in [0.15, 0.2) is 0 Å². The van der Waals surface area contributed by atoms with E-state index >= 15 is 0 Å². The summed E-state index contributed by atoms with van der Waals surface area (Å²) >= 11 is 0. The molecule has 0 bridgehead atoms. The summed E-state index contributed by atoms with van der Waals surface area (Å²) < 4.78 is 0. The van der Waals surface area contributed by atoms with E-state index in [0.717, 1.165) is 11.8 Å². The Labute approximate surface area is 107 Å². The van der Waals surface area contributed by atoms with Crippen molar-refractivity contribution in [3.63, 3.8) is 0 Å². The van der Waals surface area contributed by atoms with Crippen LogP contribution in [0.5, 0.6) is 0 Å². The maximum Gasteiger partial charge on any atom is 0.00390 e. The van der Waals surface area contributed by atoms with Crippen LogP contribution < -0.4 is 11.1 Å². The van der Waals surface area contributed by atoms with Crippen molar-refractivity contribution in [2.75, 3.05) is 13.1 Å². The van der Waals surface area contributed by atoms with E-state index in [-0.39, 0.29) is 0 Å². The zero-order chi connectivity index (χ0) is 12.3. The number of nitrogens with two attached hydrogens (primary N) is 1. The zero-order valence-electron chi connectivity index (χ0n) is 11.7. The third kappa shape index (κ3) is 3.69. The lowest BCUT2D eigenvalue weighted by Crippen LogP contribution is -2.41. The van der Waals surface area contributed by atoms with Gasteiger partial charge in [-0.2, -0.15) is 0 Å². The molecule has 0 heterocycles. The minimum Gasteiger partial charge on any atom is -0.328 e. The van der Waals surface area contributed by atoms with E-state index in [0.29, 0.717) is 11.5 Å². The first-order chi connectivity index (χ1) is 8.08. The monoisotopic (exact) mass is 238 g/mol. The van der Waals surface area contributed by atoms with Gasteiger partial charge in [-0.3, -0.25) is 0 Å². The Morgan fingerprint density at radius 3 is 2.24 bits per heavy atom. The maximum atomic E-state index is 5.94. The fourth-order valence-corrected chi connectivity index (χ4v) is 3.32. The third-order valence-corrected chi connectivity index (χ3v) is 5.12. The Kier molecular flexibility index (Phi) is 4.48. The highest BCUT2D eigenvalue weighted by molar-refractivity contribution is 4.86. The van der Waals surface area contributed by atoms with Gasteiger partial charge in [0, 0.05) is 12.6 Å². The molecule has 2 nitrogen and oxygen atoms in total. The third-order valence-electron chi connectivity index (χ3n) is 5.12. The molecule has 0 aromatic rings. The number of hydrogen-bond acceptors (Lipinski definition) is 2. The van der Waals surface area contributed by atoms with Crippen molar-refractivity contribution in [1.82, 2.24) is 5.32 Å². The SMILES string of the molecule is CC(C)(CNCC1CCC(N)CC1)C1CCC1. The Morgan fingerprint density at radius 1 is 1.06 bits per heavy atom. The first-order valence-corrected chi connectivity index (χ1v) is 7.54. The van der Waals surface area contributed by atoms with Crippen LogP contribution in [0.15, 0.2) is 0 Å². The Hall–Kier alpha value is -0.0800. The second-order valence-electron chi connectivity index (χ2n) is 7.03. The van der Waals surface area contributed by atoms with Gasteiger partial charge in [-0.1, -0.05) is 20.3 Å². The number of hydrogen-bond donors (Lipinski definition) is 2. The van der Waals surface area contributed by atoms with Crippen LogP contribution >= 0.6 is 0 Å². The van der Waals surface area contributed by atoms with Crippen LogP contribution in [0.3, 0.4) is 0 Å². The summed E-state index contributed by atoms with van der Waals surface area (Å²) in [7, 11) is 0. The van der Waals surface area contributed by atoms with E-state index in [4.69, 9.17) is 5.73 Å². The smallest absolute Gasteiger partial charge is 0.00390 e. The second-order valence-corrected chi connectivity index (χ2v) is 7.03. The van der Waals surface area contributed by atoms with Gasteiger partial charge < -0.3 is 11.1 Å². The highest BCUT2D eigenvalue weighted by Gasteiger charge is 2.33. The lowest BCUT2D eigenvalue weighted by molar-refractivity contribution is 0.116. The molecule has 2 fully saturated rings. The van der Waals surface area contributed by atoms with E-state index in [2.05, 4.69) is 19.2 Å². The number of nitrogens with one attached hydrogen (secondary N) is 1. The summed E-state index contributed by atoms with van der Waals surface area (Å²) in [5, 5.41) is 3.72. The van der Waals surface area contributed by atoms with Crippen molar-refractivity contribution >= 4 is 0 Å². The molecule has 0 aromatic carbocycles. The molecular weight excluding hydrogens is 208 g/mol. The molecule has 2 rings (SSSR count). The second kappa shape index (κ2) is 5.71. The molecule has 2 saturated carbocycles. The predicted octanol–water partition coefficient (Wildman–Crippen LogP) is 2.92. The Balaban J connectivity index is 1.62. The fraction of sp³-hybridized carbons (Fsp3) is 1.00. The van der Waals surface area contributed by atoms with E-state index < -0.39 is 0 Å². The first-order valence-electron chi connectivity index (χ1n) is 7.54. The van der Waals surface area contributed by atoms with Gasteiger partial charge in [0.05, 0.1) is 0 Å². The largest absolute Gasteiger partial charge is 0.328 e. The van der Waals surface area contributed by atoms with E-state index in [9.17, 15) is 0 Å². The first kappa shape index (κ1) is 13.4. The molecule has 0 saturated heterocycles. The molecule has 0 amide bonds. The number of rotatable bonds is 5. The molecular formula is C15H30N2. The predicted molar refractivity (Wildman–Crippen MR) is 73.9 cm³/mol. The van der Waals surface area contributed by atoms with Crippen molar-refractivity contribution in [3.8, 4) is 0 Å². The lowest BCUT2D eigenvalue weighted by Gasteiger charge is -2.41. The quantitative estimate of drug-likeness (QED) is 0.773. The van der Waals surface area contributed by atoms with Crippen molar-refractivity contribution < 1.29 is 0 Å². The molecule has 3 N–H and O–H groups in total. The van der Waals surface area contributed by atoms with Gasteiger partial charge in [-0.05, 0) is 62.3 Å². The highest BCUT2D eigenvalue weighted by atomic mass is 14.9. The Morgan fingerprint density at radius 2 is 1.71 bits per heavy atom. The van der Waals surface area contributed by atoms with Crippen LogP contribution in [0.1, 0.15) is 58.8 Å². The van der Waals surface area contributed by atoms with Crippen molar-refractivity contribution in [2.45, 2.75) is 64.8 Å². The molecule has 0 aliphatic heterocycles. The summed E-state index contributed by atoms with van der Waals surface area (Å²) in [5.74, 6) is 1.85. The topological polar surface area (TPSA) is 38.0 Å². The molecule has 0 unspecified atom stereocenters. The van der Waals surface area contributed by atoms with Gasteiger partial charge in [-0.15, -0.1) is 0 Å². The fourth-order valence-electron chi connectivity index (χ4n) is 3.32. The molecule has 0 atom stereocenters. The van der Waals surface area contributed by atoms with Crippen molar-refractivity contribution in [3.05, 3.63) is 0 Å². The molecule has 100 valence electrons. The molecule has 0 radical (unpaired) electrons. The summed E-state index contributed by atoms with van der Waals surface area (Å²) in [4.78, 5) is 0. The van der Waals surface area contributed by atoms with Crippen LogP contribution in [0.2, 0.25) is 0 Å². The van der Waals surface area contributed by atoms with Crippen molar-refractivity contribution in [2.24, 2.45) is 23.0 Å². The van der Waals surface area contributed by atoms with Crippen LogP contribution in [0, 0.1) is 17.3 Å². The summed E-state index contributed by atoms with van der Waals surface area (Å²) in [6.45, 7) is 7.27. The normalized spacial score (nSPS) is 31.2. The highest BCUT2D eigenvalue weighted by Crippen LogP contribution is 2.41. The van der Waals surface area contributed by atoms with Gasteiger partial charge in [-0.25, -0.2) is 0 Å². The zero-order valence-corrected chi connectivity index (χ0v) is 11.7. The standard InChI is InChI=1S/C15H30N2/c1-15(2,13-4-3-5-13)11-17-10-12-6-8-14(16)9-7-12/h12-14,17H,3-11,16H2,1-2H3. The van der Waals surface area contributed by atoms with Crippen molar-refractivity contribution in [1.29, 1.82) is 0 Å². The summed E-state index contributed by atoms with van der Waals surface area (Å²) in [5.41, 5.74) is 6.44. The van der Waals surface area contributed by atoms with E-state index in [1.54, 1.807) is 0 Å². The molecule has 2 heteroatoms. The van der Waals surface area contributed by atoms with Gasteiger partial charge in [0.1, 0.15) is 0 Å². The van der Waals surface area contributed by atoms with E-state index in [1.807, 2.05) is 0 Å². The van der Waals surface area contributed by atoms with Crippen LogP contribution in [-0.4, -0.2) is 19.1 Å². The van der Waals surface area contributed by atoms with Gasteiger partial charge in [0.25, 0.3) is 0 Å². The molecule has 2 aliphatic carbocycles. The molecule has 0 aromatic heterocycles. The molecule has 2 aliphatic rings.